The molecule has 2 aromatic heterocycles. The van der Waals surface area contributed by atoms with E-state index in [1.807, 2.05) is 36.4 Å². The van der Waals surface area contributed by atoms with E-state index in [9.17, 15) is 0 Å². The molecule has 0 aromatic carbocycles. The summed E-state index contributed by atoms with van der Waals surface area (Å²) in [5.41, 5.74) is 1.78. The molecule has 20 heavy (non-hydrogen) atoms. The molecular formula is C15H16CuN4+2. The third-order valence-corrected chi connectivity index (χ3v) is 2.40. The molecule has 105 valence electrons. The molecule has 0 unspecified atom stereocenters. The van der Waals surface area contributed by atoms with Gasteiger partial charge in [-0.15, -0.1) is 0 Å². The minimum atomic E-state index is 0. The molecule has 2 aromatic rings. The second-order valence-corrected chi connectivity index (χ2v) is 3.93. The number of hydrogen-bond donors (Lipinski definition) is 0. The van der Waals surface area contributed by atoms with Gasteiger partial charge in [0.25, 0.3) is 0 Å². The van der Waals surface area contributed by atoms with Gasteiger partial charge in [-0.1, -0.05) is 12.1 Å². The van der Waals surface area contributed by atoms with E-state index < -0.39 is 0 Å². The van der Waals surface area contributed by atoms with Gasteiger partial charge in [-0.3, -0.25) is 20.0 Å². The van der Waals surface area contributed by atoms with E-state index in [2.05, 4.69) is 20.0 Å². The maximum atomic E-state index is 4.31. The van der Waals surface area contributed by atoms with E-state index in [-0.39, 0.29) is 17.1 Å². The van der Waals surface area contributed by atoms with E-state index in [1.54, 1.807) is 24.8 Å². The Kier molecular flexibility index (Phi) is 8.11. The fourth-order valence-electron chi connectivity index (χ4n) is 1.47. The van der Waals surface area contributed by atoms with Crippen LogP contribution in [0.1, 0.15) is 17.8 Å². The van der Waals surface area contributed by atoms with E-state index in [1.165, 1.54) is 0 Å². The van der Waals surface area contributed by atoms with Gasteiger partial charge in [0.1, 0.15) is 0 Å². The number of aliphatic imine (C=N–C) groups is 2. The fourth-order valence-corrected chi connectivity index (χ4v) is 1.47. The first-order valence-corrected chi connectivity index (χ1v) is 6.27. The topological polar surface area (TPSA) is 50.5 Å². The summed E-state index contributed by atoms with van der Waals surface area (Å²) in [6, 6.07) is 11.6. The van der Waals surface area contributed by atoms with Crippen molar-refractivity contribution in [3.05, 3.63) is 60.2 Å². The van der Waals surface area contributed by atoms with Crippen LogP contribution in [-0.2, 0) is 17.1 Å². The van der Waals surface area contributed by atoms with E-state index in [4.69, 9.17) is 0 Å². The van der Waals surface area contributed by atoms with Crippen LogP contribution in [0.3, 0.4) is 0 Å². The quantitative estimate of drug-likeness (QED) is 0.467. The van der Waals surface area contributed by atoms with E-state index >= 15 is 0 Å². The predicted octanol–water partition coefficient (Wildman–Crippen LogP) is 2.40. The van der Waals surface area contributed by atoms with Gasteiger partial charge in [0.05, 0.1) is 11.4 Å². The Bertz CT molecular complexity index is 477. The molecule has 0 atom stereocenters. The summed E-state index contributed by atoms with van der Waals surface area (Å²) >= 11 is 0. The molecule has 5 heteroatoms. The van der Waals surface area contributed by atoms with Crippen LogP contribution >= 0.6 is 0 Å². The van der Waals surface area contributed by atoms with E-state index in [0.717, 1.165) is 30.9 Å². The number of nitrogens with zero attached hydrogens (tertiary/aromatic N) is 4. The molecule has 0 bridgehead atoms. The molecule has 0 aliphatic heterocycles. The Labute approximate surface area is 129 Å². The zero-order valence-corrected chi connectivity index (χ0v) is 11.9. The number of hydrogen-bond acceptors (Lipinski definition) is 4. The average Bonchev–Trinajstić information content (AvgIpc) is 2.48. The van der Waals surface area contributed by atoms with Crippen LogP contribution in [0.2, 0.25) is 0 Å². The predicted molar refractivity (Wildman–Crippen MR) is 78.0 cm³/mol. The van der Waals surface area contributed by atoms with Crippen LogP contribution in [0.4, 0.5) is 0 Å². The monoisotopic (exact) mass is 315 g/mol. The molecule has 2 heterocycles. The Hall–Kier alpha value is -1.84. The zero-order valence-electron chi connectivity index (χ0n) is 11.0. The summed E-state index contributed by atoms with van der Waals surface area (Å²) in [6.07, 6.45) is 8.04. The molecule has 0 aliphatic carbocycles. The molecule has 0 saturated heterocycles. The summed E-state index contributed by atoms with van der Waals surface area (Å²) in [6.45, 7) is 1.52. The molecule has 0 N–H and O–H groups in total. The Balaban J connectivity index is 0.00000200. The number of aromatic nitrogens is 2. The third kappa shape index (κ3) is 6.36. The first kappa shape index (κ1) is 16.2. The summed E-state index contributed by atoms with van der Waals surface area (Å²) < 4.78 is 0. The first-order chi connectivity index (χ1) is 9.45. The molecule has 0 saturated carbocycles. The third-order valence-electron chi connectivity index (χ3n) is 2.40. The Morgan fingerprint density at radius 1 is 0.800 bits per heavy atom. The van der Waals surface area contributed by atoms with Gasteiger partial charge in [0.2, 0.25) is 0 Å². The van der Waals surface area contributed by atoms with Crippen molar-refractivity contribution in [1.82, 2.24) is 9.97 Å². The Morgan fingerprint density at radius 3 is 1.70 bits per heavy atom. The summed E-state index contributed by atoms with van der Waals surface area (Å²) in [5.74, 6) is 0. The van der Waals surface area contributed by atoms with Gasteiger partial charge in [-0.2, -0.15) is 0 Å². The van der Waals surface area contributed by atoms with Crippen LogP contribution < -0.4 is 0 Å². The molecule has 0 fully saturated rings. The van der Waals surface area contributed by atoms with Crippen LogP contribution in [-0.4, -0.2) is 35.5 Å². The van der Waals surface area contributed by atoms with Crippen molar-refractivity contribution in [3.8, 4) is 0 Å². The van der Waals surface area contributed by atoms with Crippen molar-refractivity contribution in [2.75, 3.05) is 13.1 Å². The van der Waals surface area contributed by atoms with Crippen LogP contribution in [0, 0.1) is 0 Å². The van der Waals surface area contributed by atoms with Crippen molar-refractivity contribution in [3.63, 3.8) is 0 Å². The van der Waals surface area contributed by atoms with Crippen molar-refractivity contribution in [2.24, 2.45) is 9.98 Å². The van der Waals surface area contributed by atoms with Crippen molar-refractivity contribution >= 4 is 12.4 Å². The maximum Gasteiger partial charge on any atom is 2.00 e. The average molecular weight is 316 g/mol. The molecular weight excluding hydrogens is 300 g/mol. The zero-order chi connectivity index (χ0) is 13.2. The summed E-state index contributed by atoms with van der Waals surface area (Å²) in [5, 5.41) is 0. The van der Waals surface area contributed by atoms with Crippen LogP contribution in [0.5, 0.6) is 0 Å². The SMILES string of the molecule is C(=NCCCN=Cc1ccccn1)c1ccccn1.[Cu+2]. The molecule has 1 radical (unpaired) electrons. The van der Waals surface area contributed by atoms with Crippen LogP contribution in [0.25, 0.3) is 0 Å². The second-order valence-electron chi connectivity index (χ2n) is 3.93. The van der Waals surface area contributed by atoms with Gasteiger partial charge in [-0.25, -0.2) is 0 Å². The van der Waals surface area contributed by atoms with Crippen molar-refractivity contribution in [1.29, 1.82) is 0 Å². The van der Waals surface area contributed by atoms with E-state index in [0.29, 0.717) is 0 Å². The smallest absolute Gasteiger partial charge is 0.291 e. The Morgan fingerprint density at radius 2 is 1.30 bits per heavy atom. The standard InChI is InChI=1S/C15H16N4.Cu/c1-3-10-18-14(6-1)12-16-8-5-9-17-13-15-7-2-4-11-19-15;/h1-4,6-7,10-13H,5,8-9H2;/q;+2. The van der Waals surface area contributed by atoms with Gasteiger partial charge in [-0.05, 0) is 30.7 Å². The maximum absolute atomic E-state index is 4.31. The molecule has 0 spiro atoms. The fraction of sp³-hybridized carbons (Fsp3) is 0.200. The molecule has 0 aliphatic rings. The minimum absolute atomic E-state index is 0. The number of pyridine rings is 2. The normalized spacial score (nSPS) is 10.8. The largest absolute Gasteiger partial charge is 2.00 e. The minimum Gasteiger partial charge on any atom is -0.291 e. The molecule has 0 amide bonds. The van der Waals surface area contributed by atoms with Gasteiger partial charge >= 0.3 is 17.1 Å². The van der Waals surface area contributed by atoms with Crippen LogP contribution in [0.15, 0.2) is 58.8 Å². The molecule has 4 nitrogen and oxygen atoms in total. The van der Waals surface area contributed by atoms with Gasteiger partial charge < -0.3 is 0 Å². The van der Waals surface area contributed by atoms with Crippen molar-refractivity contribution < 1.29 is 17.1 Å². The van der Waals surface area contributed by atoms with Gasteiger partial charge in [0, 0.05) is 37.9 Å². The first-order valence-electron chi connectivity index (χ1n) is 6.27. The number of rotatable bonds is 6. The summed E-state index contributed by atoms with van der Waals surface area (Å²) in [4.78, 5) is 16.9. The summed E-state index contributed by atoms with van der Waals surface area (Å²) in [7, 11) is 0. The van der Waals surface area contributed by atoms with Gasteiger partial charge in [0.15, 0.2) is 0 Å². The molecule has 2 rings (SSSR count). The second kappa shape index (κ2) is 10.0. The van der Waals surface area contributed by atoms with Crippen molar-refractivity contribution in [2.45, 2.75) is 6.42 Å².